The molecular formula is C12H19N. The van der Waals surface area contributed by atoms with Crippen molar-refractivity contribution >= 4 is 5.69 Å². The lowest BCUT2D eigenvalue weighted by atomic mass is 9.82. The number of nitrogen functional groups attached to an aromatic ring is 1. The number of benzene rings is 1. The van der Waals surface area contributed by atoms with E-state index in [0.717, 1.165) is 12.1 Å². The van der Waals surface area contributed by atoms with E-state index in [1.165, 1.54) is 11.1 Å². The van der Waals surface area contributed by atoms with Gasteiger partial charge in [0, 0.05) is 5.69 Å². The molecule has 0 saturated carbocycles. The molecule has 1 rings (SSSR count). The lowest BCUT2D eigenvalue weighted by Gasteiger charge is -2.23. The molecule has 1 heteroatoms. The molecule has 1 aromatic rings. The molecule has 2 N–H and O–H groups in total. The molecule has 0 bridgehead atoms. The molecule has 0 saturated heterocycles. The van der Waals surface area contributed by atoms with Gasteiger partial charge in [-0.3, -0.25) is 0 Å². The van der Waals surface area contributed by atoms with E-state index in [2.05, 4.69) is 33.8 Å². The van der Waals surface area contributed by atoms with Gasteiger partial charge in [-0.1, -0.05) is 39.8 Å². The van der Waals surface area contributed by atoms with Crippen molar-refractivity contribution in [3.63, 3.8) is 0 Å². The zero-order valence-electron chi connectivity index (χ0n) is 9.02. The molecule has 0 aliphatic heterocycles. The second-order valence-electron chi connectivity index (χ2n) is 4.48. The fraction of sp³-hybridized carbons (Fsp3) is 0.500. The highest BCUT2D eigenvalue weighted by Gasteiger charge is 2.17. The van der Waals surface area contributed by atoms with Crippen LogP contribution in [0.5, 0.6) is 0 Å². The molecule has 0 aliphatic rings. The molecule has 0 spiro atoms. The van der Waals surface area contributed by atoms with Gasteiger partial charge in [0.1, 0.15) is 0 Å². The number of nitrogens with two attached hydrogens (primary N) is 1. The van der Waals surface area contributed by atoms with Crippen LogP contribution in [-0.4, -0.2) is 0 Å². The van der Waals surface area contributed by atoms with E-state index in [0.29, 0.717) is 0 Å². The van der Waals surface area contributed by atoms with Crippen molar-refractivity contribution in [3.8, 4) is 0 Å². The third-order valence-electron chi connectivity index (χ3n) is 2.37. The van der Waals surface area contributed by atoms with Crippen molar-refractivity contribution < 1.29 is 0 Å². The summed E-state index contributed by atoms with van der Waals surface area (Å²) in [6, 6.07) is 6.19. The molecule has 13 heavy (non-hydrogen) atoms. The first kappa shape index (κ1) is 10.1. The first-order valence-corrected chi connectivity index (χ1v) is 4.84. The van der Waals surface area contributed by atoms with Gasteiger partial charge in [0.15, 0.2) is 0 Å². The SMILES string of the molecule is CCc1c(N)cccc1C(C)(C)C. The van der Waals surface area contributed by atoms with Gasteiger partial charge in [0.2, 0.25) is 0 Å². The van der Waals surface area contributed by atoms with Crippen LogP contribution in [-0.2, 0) is 11.8 Å². The van der Waals surface area contributed by atoms with Crippen LogP contribution in [0.2, 0.25) is 0 Å². The van der Waals surface area contributed by atoms with E-state index in [-0.39, 0.29) is 5.41 Å². The summed E-state index contributed by atoms with van der Waals surface area (Å²) in [7, 11) is 0. The molecule has 0 atom stereocenters. The predicted octanol–water partition coefficient (Wildman–Crippen LogP) is 3.13. The summed E-state index contributed by atoms with van der Waals surface area (Å²) in [5.41, 5.74) is 9.72. The Bertz CT molecular complexity index is 294. The van der Waals surface area contributed by atoms with E-state index in [4.69, 9.17) is 5.73 Å². The molecule has 0 radical (unpaired) electrons. The Balaban J connectivity index is 3.29. The van der Waals surface area contributed by atoms with E-state index in [1.54, 1.807) is 0 Å². The summed E-state index contributed by atoms with van der Waals surface area (Å²) >= 11 is 0. The maximum atomic E-state index is 5.93. The lowest BCUT2D eigenvalue weighted by Crippen LogP contribution is -2.15. The quantitative estimate of drug-likeness (QED) is 0.655. The van der Waals surface area contributed by atoms with Crippen LogP contribution >= 0.6 is 0 Å². The number of hydrogen-bond donors (Lipinski definition) is 1. The van der Waals surface area contributed by atoms with Gasteiger partial charge in [-0.25, -0.2) is 0 Å². The first-order chi connectivity index (χ1) is 5.96. The number of rotatable bonds is 1. The summed E-state index contributed by atoms with van der Waals surface area (Å²) in [6.45, 7) is 8.82. The van der Waals surface area contributed by atoms with Crippen molar-refractivity contribution in [1.29, 1.82) is 0 Å². The van der Waals surface area contributed by atoms with Crippen molar-refractivity contribution in [2.24, 2.45) is 0 Å². The molecule has 0 amide bonds. The highest BCUT2D eigenvalue weighted by atomic mass is 14.6. The van der Waals surface area contributed by atoms with Gasteiger partial charge in [0.25, 0.3) is 0 Å². The Kier molecular flexibility index (Phi) is 2.65. The lowest BCUT2D eigenvalue weighted by molar-refractivity contribution is 0.584. The molecule has 0 unspecified atom stereocenters. The normalized spacial score (nSPS) is 11.7. The average Bonchev–Trinajstić information content (AvgIpc) is 2.02. The molecule has 0 aromatic heterocycles. The Hall–Kier alpha value is -0.980. The predicted molar refractivity (Wildman–Crippen MR) is 58.9 cm³/mol. The van der Waals surface area contributed by atoms with Crippen LogP contribution in [0.3, 0.4) is 0 Å². The topological polar surface area (TPSA) is 26.0 Å². The largest absolute Gasteiger partial charge is 0.398 e. The molecule has 72 valence electrons. The average molecular weight is 177 g/mol. The Morgan fingerprint density at radius 1 is 1.23 bits per heavy atom. The van der Waals surface area contributed by atoms with Gasteiger partial charge in [-0.15, -0.1) is 0 Å². The fourth-order valence-corrected chi connectivity index (χ4v) is 1.70. The Morgan fingerprint density at radius 2 is 1.85 bits per heavy atom. The molecule has 1 aromatic carbocycles. The van der Waals surface area contributed by atoms with Gasteiger partial charge in [0.05, 0.1) is 0 Å². The Morgan fingerprint density at radius 3 is 2.23 bits per heavy atom. The summed E-state index contributed by atoms with van der Waals surface area (Å²) < 4.78 is 0. The zero-order chi connectivity index (χ0) is 10.1. The van der Waals surface area contributed by atoms with Crippen molar-refractivity contribution in [3.05, 3.63) is 29.3 Å². The highest BCUT2D eigenvalue weighted by molar-refractivity contribution is 5.52. The van der Waals surface area contributed by atoms with Crippen LogP contribution in [0.15, 0.2) is 18.2 Å². The molecule has 0 aliphatic carbocycles. The summed E-state index contributed by atoms with van der Waals surface area (Å²) in [5.74, 6) is 0. The smallest absolute Gasteiger partial charge is 0.0349 e. The molecule has 0 fully saturated rings. The molecule has 0 heterocycles. The maximum Gasteiger partial charge on any atom is 0.0349 e. The minimum Gasteiger partial charge on any atom is -0.398 e. The van der Waals surface area contributed by atoms with Gasteiger partial charge in [-0.2, -0.15) is 0 Å². The van der Waals surface area contributed by atoms with Crippen LogP contribution in [0.25, 0.3) is 0 Å². The minimum absolute atomic E-state index is 0.195. The third-order valence-corrected chi connectivity index (χ3v) is 2.37. The fourth-order valence-electron chi connectivity index (χ4n) is 1.70. The first-order valence-electron chi connectivity index (χ1n) is 4.84. The van der Waals surface area contributed by atoms with Crippen molar-refractivity contribution in [1.82, 2.24) is 0 Å². The van der Waals surface area contributed by atoms with Gasteiger partial charge in [-0.05, 0) is 29.0 Å². The number of anilines is 1. The van der Waals surface area contributed by atoms with E-state index >= 15 is 0 Å². The maximum absolute atomic E-state index is 5.93. The van der Waals surface area contributed by atoms with Crippen molar-refractivity contribution in [2.75, 3.05) is 5.73 Å². The number of hydrogen-bond acceptors (Lipinski definition) is 1. The monoisotopic (exact) mass is 177 g/mol. The van der Waals surface area contributed by atoms with Crippen LogP contribution < -0.4 is 5.73 Å². The van der Waals surface area contributed by atoms with Crippen LogP contribution in [0, 0.1) is 0 Å². The third kappa shape index (κ3) is 2.03. The van der Waals surface area contributed by atoms with E-state index < -0.39 is 0 Å². The summed E-state index contributed by atoms with van der Waals surface area (Å²) in [4.78, 5) is 0. The second-order valence-corrected chi connectivity index (χ2v) is 4.48. The standard InChI is InChI=1S/C12H19N/c1-5-9-10(12(2,3)4)7-6-8-11(9)13/h6-8H,5,13H2,1-4H3. The van der Waals surface area contributed by atoms with E-state index in [9.17, 15) is 0 Å². The molecule has 1 nitrogen and oxygen atoms in total. The van der Waals surface area contributed by atoms with E-state index in [1.807, 2.05) is 12.1 Å². The molecular weight excluding hydrogens is 158 g/mol. The highest BCUT2D eigenvalue weighted by Crippen LogP contribution is 2.29. The minimum atomic E-state index is 0.195. The van der Waals surface area contributed by atoms with Crippen LogP contribution in [0.4, 0.5) is 5.69 Å². The van der Waals surface area contributed by atoms with Gasteiger partial charge >= 0.3 is 0 Å². The summed E-state index contributed by atoms with van der Waals surface area (Å²) in [6.07, 6.45) is 1.01. The van der Waals surface area contributed by atoms with Crippen molar-refractivity contribution in [2.45, 2.75) is 39.5 Å². The summed E-state index contributed by atoms with van der Waals surface area (Å²) in [5, 5.41) is 0. The van der Waals surface area contributed by atoms with Gasteiger partial charge < -0.3 is 5.73 Å². The zero-order valence-corrected chi connectivity index (χ0v) is 9.02. The Labute approximate surface area is 81.0 Å². The van der Waals surface area contributed by atoms with Crippen LogP contribution in [0.1, 0.15) is 38.8 Å². The second kappa shape index (κ2) is 3.41.